The van der Waals surface area contributed by atoms with Crippen molar-refractivity contribution in [3.8, 4) is 51.8 Å². The van der Waals surface area contributed by atoms with Crippen LogP contribution in [0.3, 0.4) is 0 Å². The van der Waals surface area contributed by atoms with Gasteiger partial charge >= 0.3 is 0 Å². The standard InChI is InChI=1S/C45H25N5/c46-26-29-19-24-44-38(25-29)37-12-3-4-15-40(37)49(44)43-18-8-13-33(39(43)28-48)30-20-22-31(23-21-30)34-14-7-9-32(27-47)45(34)50-41-16-5-1-10-35(41)36-11-2-6-17-42(36)50/h1-25H. The Balaban J connectivity index is 1.21. The van der Waals surface area contributed by atoms with Crippen molar-refractivity contribution in [1.29, 1.82) is 15.8 Å². The molecule has 2 heterocycles. The number of rotatable bonds is 4. The molecule has 230 valence electrons. The molecular formula is C45H25N5. The van der Waals surface area contributed by atoms with E-state index in [1.165, 1.54) is 0 Å². The number of hydrogen-bond acceptors (Lipinski definition) is 3. The first-order valence-electron chi connectivity index (χ1n) is 16.3. The van der Waals surface area contributed by atoms with Gasteiger partial charge in [0.15, 0.2) is 0 Å². The molecule has 9 rings (SSSR count). The predicted molar refractivity (Wildman–Crippen MR) is 200 cm³/mol. The zero-order chi connectivity index (χ0) is 33.8. The van der Waals surface area contributed by atoms with E-state index < -0.39 is 0 Å². The number of aromatic nitrogens is 2. The largest absolute Gasteiger partial charge is 0.308 e. The first-order chi connectivity index (χ1) is 24.7. The number of nitrogens with zero attached hydrogens (tertiary/aromatic N) is 5. The Kier molecular flexibility index (Phi) is 6.56. The van der Waals surface area contributed by atoms with Crippen molar-refractivity contribution < 1.29 is 0 Å². The van der Waals surface area contributed by atoms with E-state index in [1.54, 1.807) is 0 Å². The van der Waals surface area contributed by atoms with Crippen LogP contribution in [0.4, 0.5) is 0 Å². The Bertz CT molecular complexity index is 2900. The van der Waals surface area contributed by atoms with Crippen LogP contribution in [-0.4, -0.2) is 9.13 Å². The molecule has 9 aromatic rings. The second-order valence-electron chi connectivity index (χ2n) is 12.3. The lowest BCUT2D eigenvalue weighted by Crippen LogP contribution is -2.01. The van der Waals surface area contributed by atoms with Crippen LogP contribution in [0.5, 0.6) is 0 Å². The van der Waals surface area contributed by atoms with Gasteiger partial charge in [0.25, 0.3) is 0 Å². The van der Waals surface area contributed by atoms with Gasteiger partial charge in [0.2, 0.25) is 0 Å². The molecule has 0 fully saturated rings. The van der Waals surface area contributed by atoms with Gasteiger partial charge < -0.3 is 9.13 Å². The van der Waals surface area contributed by atoms with Gasteiger partial charge in [-0.15, -0.1) is 0 Å². The summed E-state index contributed by atoms with van der Waals surface area (Å²) in [5.41, 5.74) is 11.0. The van der Waals surface area contributed by atoms with E-state index in [0.29, 0.717) is 16.7 Å². The smallest absolute Gasteiger partial charge is 0.102 e. The number of nitriles is 3. The highest BCUT2D eigenvalue weighted by atomic mass is 15.0. The zero-order valence-electron chi connectivity index (χ0n) is 26.7. The summed E-state index contributed by atoms with van der Waals surface area (Å²) in [7, 11) is 0. The molecule has 50 heavy (non-hydrogen) atoms. The Morgan fingerprint density at radius 2 is 0.940 bits per heavy atom. The molecule has 0 spiro atoms. The molecule has 0 saturated carbocycles. The normalized spacial score (nSPS) is 11.1. The lowest BCUT2D eigenvalue weighted by Gasteiger charge is -2.17. The minimum absolute atomic E-state index is 0.560. The van der Waals surface area contributed by atoms with E-state index in [4.69, 9.17) is 0 Å². The highest BCUT2D eigenvalue weighted by Crippen LogP contribution is 2.40. The lowest BCUT2D eigenvalue weighted by molar-refractivity contribution is 1.17. The van der Waals surface area contributed by atoms with Crippen LogP contribution < -0.4 is 0 Å². The molecule has 0 aliphatic rings. The average Bonchev–Trinajstić information content (AvgIpc) is 3.69. The summed E-state index contributed by atoms with van der Waals surface area (Å²) in [6.45, 7) is 0. The molecule has 5 nitrogen and oxygen atoms in total. The van der Waals surface area contributed by atoms with E-state index in [2.05, 4.69) is 88.0 Å². The fourth-order valence-electron chi connectivity index (χ4n) is 7.49. The SMILES string of the molecule is N#Cc1ccc2c(c1)c1ccccc1n2-c1cccc(-c2ccc(-c3cccc(C#N)c3-n3c4ccccc4c4ccccc43)cc2)c1C#N. The Hall–Kier alpha value is -7.39. The fraction of sp³-hybridized carbons (Fsp3) is 0. The van der Waals surface area contributed by atoms with Gasteiger partial charge in [-0.05, 0) is 59.7 Å². The van der Waals surface area contributed by atoms with Gasteiger partial charge in [-0.2, -0.15) is 15.8 Å². The van der Waals surface area contributed by atoms with Crippen LogP contribution in [0.15, 0.2) is 152 Å². The molecule has 0 bridgehead atoms. The van der Waals surface area contributed by atoms with Crippen LogP contribution in [0.25, 0.3) is 77.2 Å². The van der Waals surface area contributed by atoms with Crippen molar-refractivity contribution in [2.75, 3.05) is 0 Å². The summed E-state index contributed by atoms with van der Waals surface area (Å²) in [6, 6.07) is 57.7. The van der Waals surface area contributed by atoms with Crippen LogP contribution in [-0.2, 0) is 0 Å². The lowest BCUT2D eigenvalue weighted by atomic mass is 9.95. The Morgan fingerprint density at radius 3 is 1.56 bits per heavy atom. The second-order valence-corrected chi connectivity index (χ2v) is 12.3. The van der Waals surface area contributed by atoms with Crippen molar-refractivity contribution in [3.63, 3.8) is 0 Å². The molecular weight excluding hydrogens is 611 g/mol. The molecule has 5 heteroatoms. The summed E-state index contributed by atoms with van der Waals surface area (Å²) in [5.74, 6) is 0. The molecule has 7 aromatic carbocycles. The van der Waals surface area contributed by atoms with Crippen molar-refractivity contribution in [2.24, 2.45) is 0 Å². The maximum atomic E-state index is 10.7. The zero-order valence-corrected chi connectivity index (χ0v) is 26.7. The number of hydrogen-bond donors (Lipinski definition) is 0. The van der Waals surface area contributed by atoms with E-state index in [1.807, 2.05) is 91.0 Å². The van der Waals surface area contributed by atoms with E-state index in [9.17, 15) is 15.8 Å². The topological polar surface area (TPSA) is 81.2 Å². The summed E-state index contributed by atoms with van der Waals surface area (Å²) < 4.78 is 4.32. The first kappa shape index (κ1) is 28.8. The van der Waals surface area contributed by atoms with Gasteiger partial charge in [0, 0.05) is 32.7 Å². The summed E-state index contributed by atoms with van der Waals surface area (Å²) >= 11 is 0. The maximum Gasteiger partial charge on any atom is 0.102 e. The van der Waals surface area contributed by atoms with E-state index >= 15 is 0 Å². The molecule has 0 amide bonds. The molecule has 0 atom stereocenters. The minimum atomic E-state index is 0.560. The predicted octanol–water partition coefficient (Wildman–Crippen LogP) is 10.8. The van der Waals surface area contributed by atoms with Crippen molar-refractivity contribution in [1.82, 2.24) is 9.13 Å². The second kappa shape index (κ2) is 11.4. The molecule has 0 radical (unpaired) electrons. The Morgan fingerprint density at radius 1 is 0.400 bits per heavy atom. The quantitative estimate of drug-likeness (QED) is 0.193. The van der Waals surface area contributed by atoms with Crippen LogP contribution >= 0.6 is 0 Å². The maximum absolute atomic E-state index is 10.7. The third-order valence-corrected chi connectivity index (χ3v) is 9.66. The average molecular weight is 636 g/mol. The van der Waals surface area contributed by atoms with Crippen molar-refractivity contribution >= 4 is 43.6 Å². The van der Waals surface area contributed by atoms with Crippen LogP contribution in [0.2, 0.25) is 0 Å². The third-order valence-electron chi connectivity index (χ3n) is 9.66. The molecule has 0 N–H and O–H groups in total. The van der Waals surface area contributed by atoms with Crippen LogP contribution in [0, 0.1) is 34.0 Å². The minimum Gasteiger partial charge on any atom is -0.308 e. The van der Waals surface area contributed by atoms with Crippen LogP contribution in [0.1, 0.15) is 16.7 Å². The number of benzene rings is 7. The van der Waals surface area contributed by atoms with Gasteiger partial charge in [-0.25, -0.2) is 0 Å². The molecule has 0 aliphatic heterocycles. The molecule has 0 unspecified atom stereocenters. The number of para-hydroxylation sites is 4. The van der Waals surface area contributed by atoms with Gasteiger partial charge in [0.1, 0.15) is 12.1 Å². The van der Waals surface area contributed by atoms with Gasteiger partial charge in [-0.3, -0.25) is 0 Å². The summed E-state index contributed by atoms with van der Waals surface area (Å²) in [6.07, 6.45) is 0. The van der Waals surface area contributed by atoms with E-state index in [0.717, 1.165) is 77.2 Å². The van der Waals surface area contributed by atoms with Gasteiger partial charge in [0.05, 0.1) is 56.2 Å². The van der Waals surface area contributed by atoms with Crippen molar-refractivity contribution in [2.45, 2.75) is 0 Å². The summed E-state index contributed by atoms with van der Waals surface area (Å²) in [4.78, 5) is 0. The highest BCUT2D eigenvalue weighted by Gasteiger charge is 2.20. The summed E-state index contributed by atoms with van der Waals surface area (Å²) in [5, 5.41) is 34.8. The highest BCUT2D eigenvalue weighted by molar-refractivity contribution is 6.11. The molecule has 0 aliphatic carbocycles. The molecule has 2 aromatic heterocycles. The molecule has 0 saturated heterocycles. The first-order valence-corrected chi connectivity index (χ1v) is 16.3. The third kappa shape index (κ3) is 4.24. The van der Waals surface area contributed by atoms with Gasteiger partial charge in [-0.1, -0.05) is 103 Å². The number of fused-ring (bicyclic) bond motifs is 6. The fourth-order valence-corrected chi connectivity index (χ4v) is 7.49. The van der Waals surface area contributed by atoms with Crippen molar-refractivity contribution in [3.05, 3.63) is 168 Å². The monoisotopic (exact) mass is 635 g/mol. The Labute approximate surface area is 287 Å². The van der Waals surface area contributed by atoms with E-state index in [-0.39, 0.29) is 0 Å².